The quantitative estimate of drug-likeness (QED) is 0.0601. The molecule has 0 aromatic carbocycles. The zero-order valence-electron chi connectivity index (χ0n) is 67.7. The molecule has 564 valence electrons. The summed E-state index contributed by atoms with van der Waals surface area (Å²) in [6.45, 7) is 72.0. The third kappa shape index (κ3) is 133. The van der Waals surface area contributed by atoms with Gasteiger partial charge in [0.05, 0.1) is 33.0 Å². The lowest BCUT2D eigenvalue weighted by Gasteiger charge is -2.08. The van der Waals surface area contributed by atoms with E-state index in [0.717, 1.165) is 139 Å². The average Bonchev–Trinajstić information content (AvgIpc) is 3.47. The fourth-order valence-electron chi connectivity index (χ4n) is 8.23. The highest BCUT2D eigenvalue weighted by Gasteiger charge is 2.07. The maximum absolute atomic E-state index is 11.4. The predicted molar refractivity (Wildman–Crippen MR) is 413 cm³/mol. The number of ketones is 1. The van der Waals surface area contributed by atoms with Crippen LogP contribution < -0.4 is 5.32 Å². The van der Waals surface area contributed by atoms with E-state index in [-0.39, 0.29) is 19.3 Å². The maximum Gasteiger partial charge on any atom is 0.220 e. The van der Waals surface area contributed by atoms with Crippen LogP contribution in [0.5, 0.6) is 0 Å². The van der Waals surface area contributed by atoms with Crippen LogP contribution in [0.2, 0.25) is 0 Å². The summed E-state index contributed by atoms with van der Waals surface area (Å²) >= 11 is 0. The van der Waals surface area contributed by atoms with Gasteiger partial charge in [0, 0.05) is 71.6 Å². The van der Waals surface area contributed by atoms with Gasteiger partial charge in [0.1, 0.15) is 5.78 Å². The van der Waals surface area contributed by atoms with Crippen LogP contribution in [0.25, 0.3) is 0 Å². The van der Waals surface area contributed by atoms with Crippen molar-refractivity contribution in [3.8, 4) is 0 Å². The Morgan fingerprint density at radius 1 is 0.239 bits per heavy atom. The third-order valence-electron chi connectivity index (χ3n) is 14.4. The van der Waals surface area contributed by atoms with Crippen molar-refractivity contribution >= 4 is 11.7 Å². The molecule has 0 bridgehead atoms. The molecule has 0 aliphatic rings. The Hall–Kier alpha value is -1.10. The van der Waals surface area contributed by atoms with Gasteiger partial charge in [-0.05, 0) is 122 Å². The SMILES string of the molecule is C.CC(C)CCCCC(=O)C(C)C.CC(C)CCCCCCCC(C)C.CC(C)CCCCCCCC(C)C.CC(C)CCCOCC(C)C.CC(C)CCOCC(C)C.CC(C)CCOCCOCC(C)C.CC(C)CCOCCOCCNC(=O)CCC(C)C. The van der Waals surface area contributed by atoms with E-state index in [0.29, 0.717) is 68.2 Å². The van der Waals surface area contributed by atoms with Crippen LogP contribution in [-0.4, -0.2) is 97.5 Å². The summed E-state index contributed by atoms with van der Waals surface area (Å²) in [6.07, 6.45) is 32.0. The highest BCUT2D eigenvalue weighted by atomic mass is 16.5. The summed E-state index contributed by atoms with van der Waals surface area (Å²) in [5.41, 5.74) is 0. The molecule has 0 atom stereocenters. The molecule has 0 aliphatic carbocycles. The van der Waals surface area contributed by atoms with Crippen LogP contribution in [0.1, 0.15) is 362 Å². The Morgan fingerprint density at radius 2 is 0.489 bits per heavy atom. The highest BCUT2D eigenvalue weighted by Crippen LogP contribution is 2.16. The van der Waals surface area contributed by atoms with E-state index in [2.05, 4.69) is 185 Å². The Labute approximate surface area is 582 Å². The van der Waals surface area contributed by atoms with Crippen LogP contribution >= 0.6 is 0 Å². The number of amides is 1. The van der Waals surface area contributed by atoms with Gasteiger partial charge in [0.15, 0.2) is 0 Å². The summed E-state index contributed by atoms with van der Waals surface area (Å²) in [5.74, 6) is 10.7. The molecular weight excluding hydrogens is 1140 g/mol. The fourth-order valence-corrected chi connectivity index (χ4v) is 8.23. The number of Topliss-reactive ketones (excluding diaryl/α,β-unsaturated/α-hetero) is 1. The van der Waals surface area contributed by atoms with Crippen molar-refractivity contribution in [2.24, 2.45) is 82.9 Å². The number of nitrogens with one attached hydrogen (secondary N) is 1. The summed E-state index contributed by atoms with van der Waals surface area (Å²) in [5, 5.41) is 2.85. The summed E-state index contributed by atoms with van der Waals surface area (Å²) in [7, 11) is 0. The fraction of sp³-hybridized carbons (Fsp3) is 0.976. The molecule has 1 amide bonds. The first kappa shape index (κ1) is 107. The van der Waals surface area contributed by atoms with Crippen LogP contribution in [-0.2, 0) is 38.0 Å². The minimum Gasteiger partial charge on any atom is -0.381 e. The lowest BCUT2D eigenvalue weighted by Crippen LogP contribution is -2.27. The number of carbonyl (C=O) groups excluding carboxylic acids is 2. The molecule has 0 saturated heterocycles. The molecule has 9 nitrogen and oxygen atoms in total. The van der Waals surface area contributed by atoms with E-state index < -0.39 is 0 Å². The molecule has 0 spiro atoms. The third-order valence-corrected chi connectivity index (χ3v) is 14.4. The first-order valence-electron chi connectivity index (χ1n) is 38.9. The van der Waals surface area contributed by atoms with E-state index in [4.69, 9.17) is 28.4 Å². The zero-order valence-corrected chi connectivity index (χ0v) is 67.7. The molecule has 1 N–H and O–H groups in total. The van der Waals surface area contributed by atoms with Crippen molar-refractivity contribution in [2.75, 3.05) is 85.8 Å². The van der Waals surface area contributed by atoms with Gasteiger partial charge in [0.2, 0.25) is 5.91 Å². The normalized spacial score (nSPS) is 11.3. The number of hydrogen-bond acceptors (Lipinski definition) is 8. The molecule has 0 aromatic rings. The second-order valence-corrected chi connectivity index (χ2v) is 32.1. The molecule has 0 radical (unpaired) electrons. The van der Waals surface area contributed by atoms with Crippen molar-refractivity contribution in [3.63, 3.8) is 0 Å². The number of carbonyl (C=O) groups is 2. The Bertz CT molecular complexity index is 1210. The second kappa shape index (κ2) is 84.1. The molecule has 0 unspecified atom stereocenters. The number of rotatable bonds is 53. The van der Waals surface area contributed by atoms with Crippen molar-refractivity contribution < 1.29 is 38.0 Å². The van der Waals surface area contributed by atoms with E-state index in [1.807, 2.05) is 13.8 Å². The van der Waals surface area contributed by atoms with Gasteiger partial charge in [-0.25, -0.2) is 0 Å². The second-order valence-electron chi connectivity index (χ2n) is 32.1. The van der Waals surface area contributed by atoms with Gasteiger partial charge in [-0.2, -0.15) is 0 Å². The highest BCUT2D eigenvalue weighted by molar-refractivity contribution is 5.80. The van der Waals surface area contributed by atoms with Gasteiger partial charge >= 0.3 is 0 Å². The molecule has 9 heteroatoms. The number of unbranched alkanes of at least 4 members (excludes halogenated alkanes) is 9. The van der Waals surface area contributed by atoms with E-state index >= 15 is 0 Å². The zero-order chi connectivity index (χ0) is 71.1. The summed E-state index contributed by atoms with van der Waals surface area (Å²) in [4.78, 5) is 22.6. The maximum atomic E-state index is 11.4. The largest absolute Gasteiger partial charge is 0.381 e. The standard InChI is InChI=1S/C15H31NO3.2C13H28.C11H24O2.C11H22O.C10H22O.C9H20O.CH4/c1-13(2)5-6-15(17)16-8-10-19-12-11-18-9-7-14(3)4;2*1-12(2)10-8-6-5-7-9-11-13(3)4;1-10(2)5-6-12-7-8-13-9-11(3)4;1-9(2)7-5-6-8-11(12)10(3)4;1-9(2)6-5-7-11-8-10(3)4;1-8(2)5-6-10-7-9(3)4;/h13-14H,5-12H2,1-4H3,(H,16,17);2*12-13H,5-11H2,1-4H3;10-11H,5-9H2,1-4H3;9-10H,5-8H2,1-4H3;9-10H,5-8H2,1-4H3;8-9H,5-7H2,1-4H3;1H4. The Balaban J connectivity index is -0.000000150. The van der Waals surface area contributed by atoms with Gasteiger partial charge in [-0.3, -0.25) is 9.59 Å². The van der Waals surface area contributed by atoms with Gasteiger partial charge in [-0.15, -0.1) is 0 Å². The molecule has 0 heterocycles. The Kier molecular flexibility index (Phi) is 97.8. The molecule has 0 fully saturated rings. The molecule has 0 rings (SSSR count). The molecule has 92 heavy (non-hydrogen) atoms. The Morgan fingerprint density at radius 3 is 0.793 bits per heavy atom. The molecule has 0 aliphatic heterocycles. The van der Waals surface area contributed by atoms with Crippen LogP contribution in [0.4, 0.5) is 0 Å². The molecular formula is C83H179NO8. The van der Waals surface area contributed by atoms with Crippen molar-refractivity contribution in [2.45, 2.75) is 362 Å². The van der Waals surface area contributed by atoms with E-state index in [1.54, 1.807) is 0 Å². The van der Waals surface area contributed by atoms with Gasteiger partial charge < -0.3 is 33.7 Å². The van der Waals surface area contributed by atoms with Crippen LogP contribution in [0, 0.1) is 82.9 Å². The first-order valence-corrected chi connectivity index (χ1v) is 38.9. The van der Waals surface area contributed by atoms with Gasteiger partial charge in [-0.1, -0.05) is 304 Å². The van der Waals surface area contributed by atoms with E-state index in [9.17, 15) is 9.59 Å². The van der Waals surface area contributed by atoms with E-state index in [1.165, 1.54) is 122 Å². The number of hydrogen-bond donors (Lipinski definition) is 1. The lowest BCUT2D eigenvalue weighted by molar-refractivity contribution is -0.122. The van der Waals surface area contributed by atoms with Crippen molar-refractivity contribution in [3.05, 3.63) is 0 Å². The topological polar surface area (TPSA) is 102 Å². The van der Waals surface area contributed by atoms with Gasteiger partial charge in [0.25, 0.3) is 0 Å². The average molecular weight is 1320 g/mol. The van der Waals surface area contributed by atoms with Crippen molar-refractivity contribution in [1.82, 2.24) is 5.32 Å². The molecule has 0 saturated carbocycles. The summed E-state index contributed by atoms with van der Waals surface area (Å²) in [6, 6.07) is 0. The number of ether oxygens (including phenoxy) is 6. The smallest absolute Gasteiger partial charge is 0.220 e. The van der Waals surface area contributed by atoms with Crippen molar-refractivity contribution in [1.29, 1.82) is 0 Å². The monoisotopic (exact) mass is 1320 g/mol. The summed E-state index contributed by atoms with van der Waals surface area (Å²) < 4.78 is 32.4. The van der Waals surface area contributed by atoms with Crippen LogP contribution in [0.15, 0.2) is 0 Å². The first-order chi connectivity index (χ1) is 42.7. The molecule has 0 aromatic heterocycles. The minimum atomic E-state index is 0. The minimum absolute atomic E-state index is 0. The van der Waals surface area contributed by atoms with Crippen LogP contribution in [0.3, 0.4) is 0 Å². The predicted octanol–water partition coefficient (Wildman–Crippen LogP) is 25.3. The lowest BCUT2D eigenvalue weighted by atomic mass is 10.0.